The highest BCUT2D eigenvalue weighted by Crippen LogP contribution is 2.44. The number of nitrogens with one attached hydrogen (secondary N) is 1. The molecule has 0 radical (unpaired) electrons. The fraction of sp³-hybridized carbons (Fsp3) is 0.864. The van der Waals surface area contributed by atoms with Crippen molar-refractivity contribution in [3.05, 3.63) is 0 Å². The summed E-state index contributed by atoms with van der Waals surface area (Å²) in [5.74, 6) is -2.11. The number of hydrogen-bond donors (Lipinski definition) is 2. The van der Waals surface area contributed by atoms with E-state index in [1.165, 1.54) is 20.8 Å². The van der Waals surface area contributed by atoms with Crippen molar-refractivity contribution < 1.29 is 46.3 Å². The van der Waals surface area contributed by atoms with Gasteiger partial charge in [0.15, 0.2) is 5.60 Å². The first-order valence-corrected chi connectivity index (χ1v) is 13.1. The minimum atomic E-state index is -3.97. The first kappa shape index (κ1) is 30.1. The van der Waals surface area contributed by atoms with Crippen LogP contribution in [0.4, 0.5) is 4.79 Å². The van der Waals surface area contributed by atoms with Crippen LogP contribution in [0.1, 0.15) is 73.1 Å². The average Bonchev–Trinajstić information content (AvgIpc) is 2.74. The number of amides is 1. The Kier molecular flexibility index (Phi) is 11.7. The Morgan fingerprint density at radius 2 is 1.71 bits per heavy atom. The van der Waals surface area contributed by atoms with Crippen molar-refractivity contribution in [3.63, 3.8) is 0 Å². The maximum absolute atomic E-state index is 13.1. The second-order valence-electron chi connectivity index (χ2n) is 9.46. The highest BCUT2D eigenvalue weighted by atomic mass is 32.2. The van der Waals surface area contributed by atoms with E-state index in [2.05, 4.69) is 5.32 Å². The normalized spacial score (nSPS) is 17.0. The van der Waals surface area contributed by atoms with Crippen LogP contribution in [0.25, 0.3) is 0 Å². The summed E-state index contributed by atoms with van der Waals surface area (Å²) in [7, 11) is -3.97. The van der Waals surface area contributed by atoms with Crippen molar-refractivity contribution in [2.75, 3.05) is 25.7 Å². The van der Waals surface area contributed by atoms with Crippen LogP contribution in [0.15, 0.2) is 0 Å². The van der Waals surface area contributed by atoms with E-state index >= 15 is 0 Å². The Balaban J connectivity index is 2.88. The van der Waals surface area contributed by atoms with E-state index in [1.54, 1.807) is 13.8 Å². The number of esters is 1. The molecule has 11 nitrogen and oxygen atoms in total. The SMILES string of the molecule is CC(=O)NCCCS(=O)(=O)OCC(C)(C)[C@@](O)(C(=O)OCOC(=O)OC(C)C)C1CCCCC1. The minimum Gasteiger partial charge on any atom is -0.431 e. The third-order valence-electron chi connectivity index (χ3n) is 5.78. The summed E-state index contributed by atoms with van der Waals surface area (Å²) in [5, 5.41) is 14.2. The molecular formula is C22H39NO10S. The average molecular weight is 510 g/mol. The molecule has 12 heteroatoms. The van der Waals surface area contributed by atoms with Gasteiger partial charge in [-0.15, -0.1) is 0 Å². The fourth-order valence-corrected chi connectivity index (χ4v) is 4.99. The highest BCUT2D eigenvalue weighted by Gasteiger charge is 2.56. The van der Waals surface area contributed by atoms with Crippen molar-refractivity contribution in [3.8, 4) is 0 Å². The lowest BCUT2D eigenvalue weighted by Gasteiger charge is -2.46. The number of carbonyl (C=O) groups excluding carboxylic acids is 3. The number of carbonyl (C=O) groups is 3. The second kappa shape index (κ2) is 13.2. The molecule has 0 bridgehead atoms. The Bertz CT molecular complexity index is 790. The van der Waals surface area contributed by atoms with Crippen LogP contribution in [0.5, 0.6) is 0 Å². The van der Waals surface area contributed by atoms with E-state index in [-0.39, 0.29) is 24.6 Å². The Labute approximate surface area is 202 Å². The standard InChI is InChI=1S/C22H39NO10S/c1-16(2)33-20(26)31-15-30-19(25)22(27,18-10-7-6-8-11-18)21(4,5)14-32-34(28,29)13-9-12-23-17(3)24/h16,18,27H,6-15H2,1-5H3,(H,23,24)/t22-/m0/s1. The van der Waals surface area contributed by atoms with Gasteiger partial charge < -0.3 is 24.6 Å². The van der Waals surface area contributed by atoms with Crippen molar-refractivity contribution >= 4 is 28.1 Å². The molecular weight excluding hydrogens is 470 g/mol. The van der Waals surface area contributed by atoms with Crippen LogP contribution in [-0.4, -0.2) is 69.0 Å². The van der Waals surface area contributed by atoms with Gasteiger partial charge in [0.25, 0.3) is 10.1 Å². The molecule has 1 saturated carbocycles. The molecule has 0 aromatic carbocycles. The zero-order valence-electron chi connectivity index (χ0n) is 20.8. The lowest BCUT2D eigenvalue weighted by Crippen LogP contribution is -2.59. The first-order valence-electron chi connectivity index (χ1n) is 11.6. The summed E-state index contributed by atoms with van der Waals surface area (Å²) in [5.41, 5.74) is -3.43. The molecule has 0 aromatic rings. The van der Waals surface area contributed by atoms with Gasteiger partial charge in [-0.2, -0.15) is 8.42 Å². The molecule has 0 unspecified atom stereocenters. The molecule has 0 saturated heterocycles. The van der Waals surface area contributed by atoms with E-state index in [0.717, 1.165) is 19.3 Å². The van der Waals surface area contributed by atoms with Gasteiger partial charge in [0.1, 0.15) is 0 Å². The van der Waals surface area contributed by atoms with Crippen LogP contribution in [-0.2, 0) is 38.1 Å². The zero-order valence-corrected chi connectivity index (χ0v) is 21.6. The van der Waals surface area contributed by atoms with E-state index in [4.69, 9.17) is 18.4 Å². The third-order valence-corrected chi connectivity index (χ3v) is 7.05. The van der Waals surface area contributed by atoms with Gasteiger partial charge in [0.05, 0.1) is 18.5 Å². The van der Waals surface area contributed by atoms with Gasteiger partial charge >= 0.3 is 12.1 Å². The second-order valence-corrected chi connectivity index (χ2v) is 11.2. The predicted octanol–water partition coefficient (Wildman–Crippen LogP) is 2.26. The molecule has 1 aliphatic rings. The zero-order chi connectivity index (χ0) is 26.0. The first-order chi connectivity index (χ1) is 15.7. The summed E-state index contributed by atoms with van der Waals surface area (Å²) in [6.07, 6.45) is 2.39. The summed E-state index contributed by atoms with van der Waals surface area (Å²) in [6.45, 7) is 6.62. The number of hydrogen-bond acceptors (Lipinski definition) is 10. The van der Waals surface area contributed by atoms with Crippen molar-refractivity contribution in [1.29, 1.82) is 0 Å². The molecule has 1 atom stereocenters. The molecule has 198 valence electrons. The van der Waals surface area contributed by atoms with Crippen LogP contribution in [0.3, 0.4) is 0 Å². The molecule has 0 aliphatic heterocycles. The molecule has 0 spiro atoms. The lowest BCUT2D eigenvalue weighted by molar-refractivity contribution is -0.204. The third kappa shape index (κ3) is 9.38. The van der Waals surface area contributed by atoms with E-state index in [1.807, 2.05) is 0 Å². The summed E-state index contributed by atoms with van der Waals surface area (Å²) >= 11 is 0. The van der Waals surface area contributed by atoms with Crippen molar-refractivity contribution in [1.82, 2.24) is 5.32 Å². The quantitative estimate of drug-likeness (QED) is 0.163. The molecule has 34 heavy (non-hydrogen) atoms. The van der Waals surface area contributed by atoms with Crippen LogP contribution < -0.4 is 5.32 Å². The largest absolute Gasteiger partial charge is 0.511 e. The number of aliphatic hydroxyl groups is 1. The van der Waals surface area contributed by atoms with Crippen LogP contribution in [0.2, 0.25) is 0 Å². The monoisotopic (exact) mass is 509 g/mol. The van der Waals surface area contributed by atoms with E-state index in [0.29, 0.717) is 12.8 Å². The van der Waals surface area contributed by atoms with Gasteiger partial charge in [0, 0.05) is 18.9 Å². The smallest absolute Gasteiger partial charge is 0.431 e. The molecule has 1 aliphatic carbocycles. The maximum Gasteiger partial charge on any atom is 0.511 e. The summed E-state index contributed by atoms with van der Waals surface area (Å²) in [4.78, 5) is 35.5. The predicted molar refractivity (Wildman–Crippen MR) is 122 cm³/mol. The molecule has 1 amide bonds. The van der Waals surface area contributed by atoms with Crippen molar-refractivity contribution in [2.45, 2.75) is 84.8 Å². The Morgan fingerprint density at radius 3 is 2.26 bits per heavy atom. The van der Waals surface area contributed by atoms with Crippen LogP contribution >= 0.6 is 0 Å². The molecule has 1 fully saturated rings. The number of rotatable bonds is 13. The molecule has 2 N–H and O–H groups in total. The van der Waals surface area contributed by atoms with Gasteiger partial charge in [-0.25, -0.2) is 9.59 Å². The van der Waals surface area contributed by atoms with Crippen LogP contribution in [0, 0.1) is 11.3 Å². The molecule has 1 rings (SSSR count). The molecule has 0 heterocycles. The van der Waals surface area contributed by atoms with Gasteiger partial charge in [0.2, 0.25) is 12.7 Å². The lowest BCUT2D eigenvalue weighted by atomic mass is 9.64. The maximum atomic E-state index is 13.1. The van der Waals surface area contributed by atoms with Gasteiger partial charge in [-0.3, -0.25) is 8.98 Å². The van der Waals surface area contributed by atoms with Crippen molar-refractivity contribution in [2.24, 2.45) is 11.3 Å². The van der Waals surface area contributed by atoms with E-state index in [9.17, 15) is 27.9 Å². The Morgan fingerprint density at radius 1 is 1.09 bits per heavy atom. The van der Waals surface area contributed by atoms with Gasteiger partial charge in [-0.1, -0.05) is 33.1 Å². The topological polar surface area (TPSA) is 155 Å². The highest BCUT2D eigenvalue weighted by molar-refractivity contribution is 7.86. The summed E-state index contributed by atoms with van der Waals surface area (Å²) in [6, 6.07) is 0. The van der Waals surface area contributed by atoms with E-state index < -0.39 is 58.7 Å². The Hall–Kier alpha value is -1.92. The molecule has 0 aromatic heterocycles. The summed E-state index contributed by atoms with van der Waals surface area (Å²) < 4.78 is 44.4. The fourth-order valence-electron chi connectivity index (χ4n) is 3.90. The number of ether oxygens (including phenoxy) is 3. The van der Waals surface area contributed by atoms with Gasteiger partial charge in [-0.05, 0) is 39.0 Å². The minimum absolute atomic E-state index is 0.154.